The number of para-hydroxylation sites is 1. The Balaban J connectivity index is 2.23. The molecule has 1 saturated heterocycles. The average molecular weight is 243 g/mol. The lowest BCUT2D eigenvalue weighted by Crippen LogP contribution is -2.36. The van der Waals surface area contributed by atoms with E-state index < -0.39 is 0 Å². The molecule has 4 nitrogen and oxygen atoms in total. The average Bonchev–Trinajstić information content (AvgIpc) is 2.83. The topological polar surface area (TPSA) is 56.1 Å². The molecule has 0 aromatic heterocycles. The first-order chi connectivity index (χ1) is 8.65. The van der Waals surface area contributed by atoms with Crippen molar-refractivity contribution in [3.63, 3.8) is 0 Å². The molecule has 0 bridgehead atoms. The van der Waals surface area contributed by atoms with Crippen LogP contribution in [-0.4, -0.2) is 26.0 Å². The van der Waals surface area contributed by atoms with E-state index in [0.717, 1.165) is 13.1 Å². The highest BCUT2D eigenvalue weighted by molar-refractivity contribution is 5.96. The van der Waals surface area contributed by atoms with Crippen LogP contribution in [0.5, 0.6) is 0 Å². The molecule has 1 fully saturated rings. The molecule has 0 saturated carbocycles. The summed E-state index contributed by atoms with van der Waals surface area (Å²) in [7, 11) is 1.74. The standard InChI is InChI=1S/C14H17N3O/c1-10-8-16-9-12(10)14(18)17(2)13-6-4-3-5-11(13)7-15/h3-6,10,12,16H,8-9H2,1-2H3/t10-,12-/m1/s1. The molecule has 1 aliphatic heterocycles. The molecule has 94 valence electrons. The van der Waals surface area contributed by atoms with E-state index in [9.17, 15) is 4.79 Å². The predicted molar refractivity (Wildman–Crippen MR) is 70.1 cm³/mol. The molecule has 1 N–H and O–H groups in total. The van der Waals surface area contributed by atoms with Crippen LogP contribution in [0.15, 0.2) is 24.3 Å². The molecule has 2 atom stereocenters. The number of nitrogens with zero attached hydrogens (tertiary/aromatic N) is 2. The fourth-order valence-corrected chi connectivity index (χ4v) is 2.37. The van der Waals surface area contributed by atoms with E-state index in [0.29, 0.717) is 17.2 Å². The maximum Gasteiger partial charge on any atom is 0.231 e. The van der Waals surface area contributed by atoms with Crippen molar-refractivity contribution in [3.05, 3.63) is 29.8 Å². The maximum absolute atomic E-state index is 12.4. The molecule has 4 heteroatoms. The summed E-state index contributed by atoms with van der Waals surface area (Å²) >= 11 is 0. The minimum Gasteiger partial charge on any atom is -0.316 e. The maximum atomic E-state index is 12.4. The van der Waals surface area contributed by atoms with Gasteiger partial charge in [-0.2, -0.15) is 5.26 Å². The number of benzene rings is 1. The summed E-state index contributed by atoms with van der Waals surface area (Å²) in [4.78, 5) is 14.0. The molecule has 1 heterocycles. The number of hydrogen-bond donors (Lipinski definition) is 1. The van der Waals surface area contributed by atoms with Crippen LogP contribution in [0.3, 0.4) is 0 Å². The number of hydrogen-bond acceptors (Lipinski definition) is 3. The number of nitriles is 1. The Bertz CT molecular complexity index is 492. The number of anilines is 1. The third-order valence-electron chi connectivity index (χ3n) is 3.55. The smallest absolute Gasteiger partial charge is 0.231 e. The molecule has 1 amide bonds. The molecule has 1 aromatic rings. The van der Waals surface area contributed by atoms with Crippen molar-refractivity contribution in [2.24, 2.45) is 11.8 Å². The van der Waals surface area contributed by atoms with Gasteiger partial charge in [0.1, 0.15) is 6.07 Å². The number of amides is 1. The van der Waals surface area contributed by atoms with Gasteiger partial charge >= 0.3 is 0 Å². The van der Waals surface area contributed by atoms with Gasteiger partial charge in [0.15, 0.2) is 0 Å². The van der Waals surface area contributed by atoms with Gasteiger partial charge in [-0.25, -0.2) is 0 Å². The first kappa shape index (κ1) is 12.6. The van der Waals surface area contributed by atoms with Crippen LogP contribution in [0.1, 0.15) is 12.5 Å². The largest absolute Gasteiger partial charge is 0.316 e. The fraction of sp³-hybridized carbons (Fsp3) is 0.429. The van der Waals surface area contributed by atoms with Crippen molar-refractivity contribution in [2.45, 2.75) is 6.92 Å². The van der Waals surface area contributed by atoms with Crippen molar-refractivity contribution < 1.29 is 4.79 Å². The Morgan fingerprint density at radius 1 is 1.44 bits per heavy atom. The summed E-state index contributed by atoms with van der Waals surface area (Å²) in [5, 5.41) is 12.3. The molecule has 1 aromatic carbocycles. The minimum atomic E-state index is 0.00162. The van der Waals surface area contributed by atoms with Gasteiger partial charge in [0.05, 0.1) is 17.2 Å². The summed E-state index contributed by atoms with van der Waals surface area (Å²) in [6.45, 7) is 3.68. The summed E-state index contributed by atoms with van der Waals surface area (Å²) in [5.74, 6) is 0.422. The van der Waals surface area contributed by atoms with E-state index in [1.165, 1.54) is 0 Å². The Hall–Kier alpha value is -1.86. The molecule has 18 heavy (non-hydrogen) atoms. The van der Waals surface area contributed by atoms with Gasteiger partial charge in [-0.3, -0.25) is 4.79 Å². The van der Waals surface area contributed by atoms with E-state index in [4.69, 9.17) is 5.26 Å². The summed E-state index contributed by atoms with van der Waals surface area (Å²) < 4.78 is 0. The fourth-order valence-electron chi connectivity index (χ4n) is 2.37. The molecule has 0 spiro atoms. The van der Waals surface area contributed by atoms with Gasteiger partial charge in [-0.15, -0.1) is 0 Å². The minimum absolute atomic E-state index is 0.00162. The Morgan fingerprint density at radius 2 is 2.17 bits per heavy atom. The molecular formula is C14H17N3O. The third-order valence-corrected chi connectivity index (χ3v) is 3.55. The number of rotatable bonds is 2. The van der Waals surface area contributed by atoms with Crippen LogP contribution >= 0.6 is 0 Å². The molecule has 0 unspecified atom stereocenters. The molecule has 1 aliphatic rings. The van der Waals surface area contributed by atoms with Crippen molar-refractivity contribution in [2.75, 3.05) is 25.0 Å². The van der Waals surface area contributed by atoms with E-state index in [-0.39, 0.29) is 11.8 Å². The van der Waals surface area contributed by atoms with E-state index in [1.54, 1.807) is 24.1 Å². The quantitative estimate of drug-likeness (QED) is 0.853. The van der Waals surface area contributed by atoms with Gasteiger partial charge in [-0.05, 0) is 24.6 Å². The third kappa shape index (κ3) is 2.22. The van der Waals surface area contributed by atoms with Gasteiger partial charge in [-0.1, -0.05) is 19.1 Å². The Morgan fingerprint density at radius 3 is 2.78 bits per heavy atom. The first-order valence-electron chi connectivity index (χ1n) is 6.12. The van der Waals surface area contributed by atoms with Crippen molar-refractivity contribution in [1.29, 1.82) is 5.26 Å². The monoisotopic (exact) mass is 243 g/mol. The van der Waals surface area contributed by atoms with Crippen LogP contribution in [0.25, 0.3) is 0 Å². The second kappa shape index (κ2) is 5.19. The van der Waals surface area contributed by atoms with Crippen molar-refractivity contribution in [1.82, 2.24) is 5.32 Å². The zero-order valence-corrected chi connectivity index (χ0v) is 10.7. The van der Waals surface area contributed by atoms with Gasteiger partial charge in [0, 0.05) is 13.6 Å². The van der Waals surface area contributed by atoms with E-state index >= 15 is 0 Å². The van der Waals surface area contributed by atoms with E-state index in [1.807, 2.05) is 12.1 Å². The number of nitrogens with one attached hydrogen (secondary N) is 1. The Kier molecular flexibility index (Phi) is 3.63. The molecule has 2 rings (SSSR count). The normalized spacial score (nSPS) is 22.5. The second-order valence-corrected chi connectivity index (χ2v) is 4.77. The molecular weight excluding hydrogens is 226 g/mol. The SMILES string of the molecule is C[C@@H]1CNC[C@H]1C(=O)N(C)c1ccccc1C#N. The lowest BCUT2D eigenvalue weighted by molar-refractivity contribution is -0.122. The number of carbonyl (C=O) groups is 1. The molecule has 0 radical (unpaired) electrons. The highest BCUT2D eigenvalue weighted by atomic mass is 16.2. The summed E-state index contributed by atoms with van der Waals surface area (Å²) in [5.41, 5.74) is 1.22. The van der Waals surface area contributed by atoms with Crippen LogP contribution in [-0.2, 0) is 4.79 Å². The van der Waals surface area contributed by atoms with Crippen LogP contribution < -0.4 is 10.2 Å². The number of carbonyl (C=O) groups excluding carboxylic acids is 1. The van der Waals surface area contributed by atoms with E-state index in [2.05, 4.69) is 18.3 Å². The zero-order valence-electron chi connectivity index (χ0n) is 10.7. The van der Waals surface area contributed by atoms with Crippen molar-refractivity contribution in [3.8, 4) is 6.07 Å². The lowest BCUT2D eigenvalue weighted by atomic mass is 9.96. The highest BCUT2D eigenvalue weighted by Gasteiger charge is 2.32. The predicted octanol–water partition coefficient (Wildman–Crippen LogP) is 1.38. The Labute approximate surface area is 107 Å². The zero-order chi connectivity index (χ0) is 13.1. The lowest BCUT2D eigenvalue weighted by Gasteiger charge is -2.23. The van der Waals surface area contributed by atoms with Gasteiger partial charge < -0.3 is 10.2 Å². The summed E-state index contributed by atoms with van der Waals surface area (Å²) in [6, 6.07) is 9.31. The summed E-state index contributed by atoms with van der Waals surface area (Å²) in [6.07, 6.45) is 0. The van der Waals surface area contributed by atoms with Gasteiger partial charge in [0.2, 0.25) is 5.91 Å². The van der Waals surface area contributed by atoms with Gasteiger partial charge in [0.25, 0.3) is 0 Å². The van der Waals surface area contributed by atoms with Crippen molar-refractivity contribution >= 4 is 11.6 Å². The second-order valence-electron chi connectivity index (χ2n) is 4.77. The van der Waals surface area contributed by atoms with Crippen LogP contribution in [0.4, 0.5) is 5.69 Å². The van der Waals surface area contributed by atoms with Crippen LogP contribution in [0, 0.1) is 23.2 Å². The molecule has 0 aliphatic carbocycles. The highest BCUT2D eigenvalue weighted by Crippen LogP contribution is 2.24. The van der Waals surface area contributed by atoms with Crippen LogP contribution in [0.2, 0.25) is 0 Å². The first-order valence-corrected chi connectivity index (χ1v) is 6.12.